The number of nitrogens with one attached hydrogen (secondary N) is 1. The van der Waals surface area contributed by atoms with Gasteiger partial charge in [0.15, 0.2) is 0 Å². The number of hydrogen-bond acceptors (Lipinski definition) is 3. The minimum Gasteiger partial charge on any atom is -0.354 e. The lowest BCUT2D eigenvalue weighted by molar-refractivity contribution is -0.139. The van der Waals surface area contributed by atoms with Crippen molar-refractivity contribution in [1.29, 1.82) is 0 Å². The minimum absolute atomic E-state index is 0.0119. The number of carbonyl (C=O) groups is 2. The predicted octanol–water partition coefficient (Wildman–Crippen LogP) is 1.87. The molecule has 3 aliphatic rings. The summed E-state index contributed by atoms with van der Waals surface area (Å²) in [5.41, 5.74) is 1.13. The molecule has 3 aliphatic heterocycles. The molecule has 128 valence electrons. The molecular formula is C19H25N3O2. The minimum atomic E-state index is -0.814. The standard InChI is InChI=1S/C19H25N3O2/c1-12(2)20-17(23)15-11-13-7-6-10-22(13)19(15)14-8-4-5-9-16(14)21(3)18(19)24/h4-5,8-9,12-13,15H,6-7,10-11H2,1-3H3,(H,20,23). The summed E-state index contributed by atoms with van der Waals surface area (Å²) < 4.78 is 0. The Balaban J connectivity index is 1.88. The van der Waals surface area contributed by atoms with Gasteiger partial charge in [-0.05, 0) is 45.7 Å². The first-order valence-corrected chi connectivity index (χ1v) is 8.92. The Hall–Kier alpha value is -1.88. The SMILES string of the molecule is CC(C)NC(=O)C1CC2CCCN2C12C(=O)N(C)c1ccccc12. The maximum absolute atomic E-state index is 13.4. The number of benzene rings is 1. The summed E-state index contributed by atoms with van der Waals surface area (Å²) in [6.07, 6.45) is 2.95. The molecule has 24 heavy (non-hydrogen) atoms. The van der Waals surface area contributed by atoms with Crippen molar-refractivity contribution in [3.8, 4) is 0 Å². The molecule has 0 bridgehead atoms. The quantitative estimate of drug-likeness (QED) is 0.902. The van der Waals surface area contributed by atoms with Gasteiger partial charge in [-0.15, -0.1) is 0 Å². The van der Waals surface area contributed by atoms with Gasteiger partial charge < -0.3 is 10.2 Å². The van der Waals surface area contributed by atoms with Gasteiger partial charge in [0.1, 0.15) is 5.54 Å². The zero-order chi connectivity index (χ0) is 17.1. The molecule has 2 fully saturated rings. The number of rotatable bonds is 2. The lowest BCUT2D eigenvalue weighted by Crippen LogP contribution is -2.56. The summed E-state index contributed by atoms with van der Waals surface area (Å²) in [5.74, 6) is -0.251. The molecule has 2 saturated heterocycles. The van der Waals surface area contributed by atoms with Crippen LogP contribution in [0.5, 0.6) is 0 Å². The fraction of sp³-hybridized carbons (Fsp3) is 0.579. The van der Waals surface area contributed by atoms with Crippen molar-refractivity contribution in [2.75, 3.05) is 18.5 Å². The van der Waals surface area contributed by atoms with Crippen molar-refractivity contribution < 1.29 is 9.59 Å². The van der Waals surface area contributed by atoms with Crippen LogP contribution in [0.2, 0.25) is 0 Å². The fourth-order valence-electron chi connectivity index (χ4n) is 5.05. The molecule has 3 atom stereocenters. The Kier molecular flexibility index (Phi) is 3.46. The molecule has 5 nitrogen and oxygen atoms in total. The Morgan fingerprint density at radius 1 is 1.33 bits per heavy atom. The first-order chi connectivity index (χ1) is 11.5. The number of anilines is 1. The highest BCUT2D eigenvalue weighted by atomic mass is 16.2. The highest BCUT2D eigenvalue weighted by Gasteiger charge is 2.66. The Morgan fingerprint density at radius 3 is 2.83 bits per heavy atom. The average molecular weight is 327 g/mol. The zero-order valence-electron chi connectivity index (χ0n) is 14.6. The first kappa shape index (κ1) is 15.6. The molecule has 5 heteroatoms. The van der Waals surface area contributed by atoms with Crippen LogP contribution in [-0.4, -0.2) is 42.4 Å². The van der Waals surface area contributed by atoms with Crippen LogP contribution in [0.3, 0.4) is 0 Å². The zero-order valence-corrected chi connectivity index (χ0v) is 14.6. The molecule has 0 aromatic heterocycles. The third-order valence-corrected chi connectivity index (χ3v) is 5.90. The lowest BCUT2D eigenvalue weighted by Gasteiger charge is -2.37. The number of carbonyl (C=O) groups excluding carboxylic acids is 2. The van der Waals surface area contributed by atoms with Gasteiger partial charge in [0.2, 0.25) is 5.91 Å². The van der Waals surface area contributed by atoms with E-state index in [0.29, 0.717) is 6.04 Å². The molecule has 1 aromatic rings. The Morgan fingerprint density at radius 2 is 2.08 bits per heavy atom. The van der Waals surface area contributed by atoms with Gasteiger partial charge in [-0.1, -0.05) is 18.2 Å². The van der Waals surface area contributed by atoms with Crippen molar-refractivity contribution >= 4 is 17.5 Å². The molecule has 0 saturated carbocycles. The maximum atomic E-state index is 13.4. The van der Waals surface area contributed by atoms with E-state index in [1.54, 1.807) is 4.90 Å². The Bertz CT molecular complexity index is 702. The third kappa shape index (κ3) is 1.85. The summed E-state index contributed by atoms with van der Waals surface area (Å²) >= 11 is 0. The van der Waals surface area contributed by atoms with E-state index in [-0.39, 0.29) is 23.8 Å². The van der Waals surface area contributed by atoms with E-state index in [4.69, 9.17) is 0 Å². The van der Waals surface area contributed by atoms with Crippen molar-refractivity contribution in [2.45, 2.75) is 50.7 Å². The molecule has 0 radical (unpaired) electrons. The second-order valence-corrected chi connectivity index (χ2v) is 7.59. The van der Waals surface area contributed by atoms with Crippen LogP contribution in [0.25, 0.3) is 0 Å². The molecule has 1 spiro atoms. The normalized spacial score (nSPS) is 31.8. The van der Waals surface area contributed by atoms with Crippen LogP contribution in [0.15, 0.2) is 24.3 Å². The van der Waals surface area contributed by atoms with Crippen LogP contribution in [0.4, 0.5) is 5.69 Å². The molecule has 1 N–H and O–H groups in total. The number of amides is 2. The largest absolute Gasteiger partial charge is 0.354 e. The van der Waals surface area contributed by atoms with Gasteiger partial charge in [-0.2, -0.15) is 0 Å². The summed E-state index contributed by atoms with van der Waals surface area (Å²) in [6, 6.07) is 8.37. The molecular weight excluding hydrogens is 302 g/mol. The van der Waals surface area contributed by atoms with E-state index in [0.717, 1.165) is 37.1 Å². The number of hydrogen-bond donors (Lipinski definition) is 1. The second kappa shape index (κ2) is 5.31. The van der Waals surface area contributed by atoms with Crippen LogP contribution in [0.1, 0.15) is 38.7 Å². The van der Waals surface area contributed by atoms with Gasteiger partial charge in [-0.3, -0.25) is 14.5 Å². The van der Waals surface area contributed by atoms with Gasteiger partial charge in [-0.25, -0.2) is 0 Å². The highest BCUT2D eigenvalue weighted by Crippen LogP contribution is 2.56. The van der Waals surface area contributed by atoms with E-state index < -0.39 is 5.54 Å². The van der Waals surface area contributed by atoms with Crippen molar-refractivity contribution in [3.63, 3.8) is 0 Å². The van der Waals surface area contributed by atoms with Gasteiger partial charge in [0.05, 0.1) is 5.92 Å². The maximum Gasteiger partial charge on any atom is 0.252 e. The molecule has 2 amide bonds. The van der Waals surface area contributed by atoms with E-state index >= 15 is 0 Å². The highest BCUT2D eigenvalue weighted by molar-refractivity contribution is 6.10. The van der Waals surface area contributed by atoms with E-state index in [9.17, 15) is 9.59 Å². The predicted molar refractivity (Wildman–Crippen MR) is 92.6 cm³/mol. The average Bonchev–Trinajstić information content (AvgIpc) is 3.17. The number of para-hydroxylation sites is 1. The van der Waals surface area contributed by atoms with E-state index in [2.05, 4.69) is 10.2 Å². The monoisotopic (exact) mass is 327 g/mol. The number of likely N-dealkylation sites (N-methyl/N-ethyl adjacent to an activating group) is 1. The van der Waals surface area contributed by atoms with Crippen LogP contribution in [-0.2, 0) is 15.1 Å². The summed E-state index contributed by atoms with van der Waals surface area (Å²) in [7, 11) is 1.83. The van der Waals surface area contributed by atoms with Crippen molar-refractivity contribution in [3.05, 3.63) is 29.8 Å². The van der Waals surface area contributed by atoms with Crippen LogP contribution < -0.4 is 10.2 Å². The molecule has 4 rings (SSSR count). The fourth-order valence-corrected chi connectivity index (χ4v) is 5.05. The van der Waals surface area contributed by atoms with E-state index in [1.807, 2.05) is 45.2 Å². The topological polar surface area (TPSA) is 52.7 Å². The number of nitrogens with zero attached hydrogens (tertiary/aromatic N) is 2. The van der Waals surface area contributed by atoms with Gasteiger partial charge >= 0.3 is 0 Å². The summed E-state index contributed by atoms with van der Waals surface area (Å²) in [4.78, 5) is 30.5. The van der Waals surface area contributed by atoms with Crippen LogP contribution in [0, 0.1) is 5.92 Å². The smallest absolute Gasteiger partial charge is 0.252 e. The number of fused-ring (bicyclic) bond motifs is 4. The lowest BCUT2D eigenvalue weighted by atomic mass is 9.78. The third-order valence-electron chi connectivity index (χ3n) is 5.90. The summed E-state index contributed by atoms with van der Waals surface area (Å²) in [6.45, 7) is 4.83. The second-order valence-electron chi connectivity index (χ2n) is 7.59. The van der Waals surface area contributed by atoms with Gasteiger partial charge in [0, 0.05) is 30.4 Å². The Labute approximate surface area is 143 Å². The molecule has 0 aliphatic carbocycles. The van der Waals surface area contributed by atoms with Crippen molar-refractivity contribution in [2.24, 2.45) is 5.92 Å². The molecule has 1 aromatic carbocycles. The molecule has 3 unspecified atom stereocenters. The summed E-state index contributed by atoms with van der Waals surface area (Å²) in [5, 5.41) is 3.06. The van der Waals surface area contributed by atoms with E-state index in [1.165, 1.54) is 0 Å². The van der Waals surface area contributed by atoms with Crippen molar-refractivity contribution in [1.82, 2.24) is 10.2 Å². The molecule has 3 heterocycles. The van der Waals surface area contributed by atoms with Crippen LogP contribution >= 0.6 is 0 Å². The first-order valence-electron chi connectivity index (χ1n) is 8.92. The van der Waals surface area contributed by atoms with Gasteiger partial charge in [0.25, 0.3) is 5.91 Å².